The molecule has 6 heteroatoms. The lowest BCUT2D eigenvalue weighted by atomic mass is 10.00. The van der Waals surface area contributed by atoms with E-state index >= 15 is 0 Å². The molecule has 1 aromatic carbocycles. The molecule has 0 amide bonds. The second-order valence-electron chi connectivity index (χ2n) is 3.97. The summed E-state index contributed by atoms with van der Waals surface area (Å²) in [6.07, 6.45) is -6.34. The highest BCUT2D eigenvalue weighted by Crippen LogP contribution is 2.37. The number of carboxylic acids is 1. The zero-order valence-corrected chi connectivity index (χ0v) is 9.25. The highest BCUT2D eigenvalue weighted by atomic mass is 19.4. The van der Waals surface area contributed by atoms with E-state index in [-0.39, 0.29) is 5.75 Å². The van der Waals surface area contributed by atoms with Gasteiger partial charge >= 0.3 is 6.18 Å². The van der Waals surface area contributed by atoms with Gasteiger partial charge in [-0.1, -0.05) is 11.6 Å². The quantitative estimate of drug-likeness (QED) is 0.765. The van der Waals surface area contributed by atoms with Crippen LogP contribution in [0.25, 0.3) is 6.08 Å². The van der Waals surface area contributed by atoms with Gasteiger partial charge in [0.05, 0.1) is 5.97 Å². The van der Waals surface area contributed by atoms with Gasteiger partial charge in [-0.15, -0.1) is 0 Å². The largest absolute Gasteiger partial charge is 0.545 e. The lowest BCUT2D eigenvalue weighted by Gasteiger charge is -2.29. The Hall–Kier alpha value is -1.98. The number of aryl methyl sites for hydroxylation is 1. The molecule has 1 aliphatic heterocycles. The van der Waals surface area contributed by atoms with Crippen LogP contribution in [0, 0.1) is 6.92 Å². The van der Waals surface area contributed by atoms with Gasteiger partial charge in [-0.2, -0.15) is 13.2 Å². The van der Waals surface area contributed by atoms with E-state index in [1.807, 2.05) is 0 Å². The van der Waals surface area contributed by atoms with Gasteiger partial charge in [-0.05, 0) is 25.1 Å². The molecule has 0 N–H and O–H groups in total. The van der Waals surface area contributed by atoms with Crippen LogP contribution in [0.5, 0.6) is 5.75 Å². The molecule has 1 aliphatic rings. The fourth-order valence-electron chi connectivity index (χ4n) is 1.73. The fourth-order valence-corrected chi connectivity index (χ4v) is 1.73. The molecular formula is C12H8F3O3-. The third kappa shape index (κ3) is 2.18. The maximum Gasteiger partial charge on any atom is 0.429 e. The predicted molar refractivity (Wildman–Crippen MR) is 54.6 cm³/mol. The molecule has 1 unspecified atom stereocenters. The Morgan fingerprint density at radius 2 is 2.06 bits per heavy atom. The average Bonchev–Trinajstić information content (AvgIpc) is 2.25. The summed E-state index contributed by atoms with van der Waals surface area (Å²) in [4.78, 5) is 10.7. The van der Waals surface area contributed by atoms with E-state index < -0.39 is 23.8 Å². The minimum atomic E-state index is -4.80. The van der Waals surface area contributed by atoms with Gasteiger partial charge in [0.2, 0.25) is 6.10 Å². The molecular weight excluding hydrogens is 249 g/mol. The van der Waals surface area contributed by atoms with Crippen molar-refractivity contribution in [3.63, 3.8) is 0 Å². The van der Waals surface area contributed by atoms with Crippen LogP contribution < -0.4 is 9.84 Å². The van der Waals surface area contributed by atoms with E-state index in [2.05, 4.69) is 0 Å². The molecule has 1 heterocycles. The van der Waals surface area contributed by atoms with Gasteiger partial charge in [0.1, 0.15) is 5.75 Å². The SMILES string of the molecule is Cc1ccc2c(c1)C=C(C(=O)[O-])C(C(F)(F)F)O2. The zero-order chi connectivity index (χ0) is 13.5. The Labute approximate surface area is 100 Å². The third-order valence-corrected chi connectivity index (χ3v) is 2.54. The van der Waals surface area contributed by atoms with Crippen LogP contribution in [0.4, 0.5) is 13.2 Å². The number of aliphatic carboxylic acids is 1. The van der Waals surface area contributed by atoms with Crippen LogP contribution in [-0.4, -0.2) is 18.2 Å². The number of ether oxygens (including phenoxy) is 1. The maximum atomic E-state index is 12.7. The predicted octanol–water partition coefficient (Wildman–Crippen LogP) is 1.45. The highest BCUT2D eigenvalue weighted by Gasteiger charge is 2.46. The number of carbonyl (C=O) groups is 1. The van der Waals surface area contributed by atoms with Crippen LogP contribution >= 0.6 is 0 Å². The van der Waals surface area contributed by atoms with E-state index in [4.69, 9.17) is 4.74 Å². The van der Waals surface area contributed by atoms with Gasteiger partial charge in [-0.3, -0.25) is 0 Å². The monoisotopic (exact) mass is 257 g/mol. The van der Waals surface area contributed by atoms with Gasteiger partial charge in [0, 0.05) is 11.1 Å². The number of alkyl halides is 3. The Kier molecular flexibility index (Phi) is 2.80. The molecule has 0 saturated heterocycles. The summed E-state index contributed by atoms with van der Waals surface area (Å²) in [6.45, 7) is 1.74. The lowest BCUT2D eigenvalue weighted by Crippen LogP contribution is -2.44. The van der Waals surface area contributed by atoms with Crippen molar-refractivity contribution < 1.29 is 27.8 Å². The van der Waals surface area contributed by atoms with Gasteiger partial charge in [-0.25, -0.2) is 0 Å². The van der Waals surface area contributed by atoms with E-state index in [0.717, 1.165) is 11.6 Å². The molecule has 0 saturated carbocycles. The number of carbonyl (C=O) groups excluding carboxylic acids is 1. The molecule has 0 aliphatic carbocycles. The Morgan fingerprint density at radius 1 is 1.39 bits per heavy atom. The summed E-state index contributed by atoms with van der Waals surface area (Å²) in [5.74, 6) is -1.88. The fraction of sp³-hybridized carbons (Fsp3) is 0.250. The number of hydrogen-bond donors (Lipinski definition) is 0. The molecule has 1 atom stereocenters. The zero-order valence-electron chi connectivity index (χ0n) is 9.25. The van der Waals surface area contributed by atoms with E-state index in [1.54, 1.807) is 19.1 Å². The smallest absolute Gasteiger partial charge is 0.429 e. The first-order valence-electron chi connectivity index (χ1n) is 5.06. The topological polar surface area (TPSA) is 49.4 Å². The standard InChI is InChI=1S/C12H9F3O3/c1-6-2-3-9-7(4-6)5-8(11(16)17)10(18-9)12(13,14)15/h2-5,10H,1H3,(H,16,17)/p-1. The number of hydrogen-bond acceptors (Lipinski definition) is 3. The minimum Gasteiger partial charge on any atom is -0.545 e. The average molecular weight is 257 g/mol. The molecule has 96 valence electrons. The third-order valence-electron chi connectivity index (χ3n) is 2.54. The first-order chi connectivity index (χ1) is 8.29. The minimum absolute atomic E-state index is 0.00734. The molecule has 0 aromatic heterocycles. The summed E-state index contributed by atoms with van der Waals surface area (Å²) in [6, 6.07) is 4.51. The Balaban J connectivity index is 2.53. The molecule has 3 nitrogen and oxygen atoms in total. The van der Waals surface area contributed by atoms with Crippen molar-refractivity contribution in [1.82, 2.24) is 0 Å². The van der Waals surface area contributed by atoms with Crippen molar-refractivity contribution in [1.29, 1.82) is 0 Å². The summed E-state index contributed by atoms with van der Waals surface area (Å²) < 4.78 is 42.7. The first kappa shape index (κ1) is 12.5. The number of halogens is 3. The van der Waals surface area contributed by atoms with Crippen molar-refractivity contribution in [2.45, 2.75) is 19.2 Å². The summed E-state index contributed by atoms with van der Waals surface area (Å²) in [7, 11) is 0. The maximum absolute atomic E-state index is 12.7. The van der Waals surface area contributed by atoms with Crippen molar-refractivity contribution in [2.75, 3.05) is 0 Å². The molecule has 0 radical (unpaired) electrons. The van der Waals surface area contributed by atoms with Crippen LogP contribution in [-0.2, 0) is 4.79 Å². The number of benzene rings is 1. The molecule has 0 bridgehead atoms. The molecule has 2 rings (SSSR count). The Morgan fingerprint density at radius 3 is 2.61 bits per heavy atom. The van der Waals surface area contributed by atoms with Gasteiger partial charge in [0.15, 0.2) is 0 Å². The van der Waals surface area contributed by atoms with Crippen molar-refractivity contribution in [2.24, 2.45) is 0 Å². The van der Waals surface area contributed by atoms with Gasteiger partial charge < -0.3 is 14.6 Å². The first-order valence-corrected chi connectivity index (χ1v) is 5.06. The number of carboxylic acid groups (broad SMARTS) is 1. The number of rotatable bonds is 1. The van der Waals surface area contributed by atoms with E-state index in [9.17, 15) is 23.1 Å². The number of fused-ring (bicyclic) bond motifs is 1. The lowest BCUT2D eigenvalue weighted by molar-refractivity contribution is -0.302. The summed E-state index contributed by atoms with van der Waals surface area (Å²) >= 11 is 0. The van der Waals surface area contributed by atoms with Crippen LogP contribution in [0.3, 0.4) is 0 Å². The molecule has 0 spiro atoms. The second-order valence-corrected chi connectivity index (χ2v) is 3.97. The van der Waals surface area contributed by atoms with E-state index in [0.29, 0.717) is 5.56 Å². The summed E-state index contributed by atoms with van der Waals surface area (Å²) in [5.41, 5.74) is 0.173. The second kappa shape index (κ2) is 4.04. The Bertz CT molecular complexity index is 532. The molecule has 18 heavy (non-hydrogen) atoms. The molecule has 0 fully saturated rings. The summed E-state index contributed by atoms with van der Waals surface area (Å²) in [5, 5.41) is 10.7. The van der Waals surface area contributed by atoms with Crippen LogP contribution in [0.1, 0.15) is 11.1 Å². The van der Waals surface area contributed by atoms with Crippen molar-refractivity contribution >= 4 is 12.0 Å². The van der Waals surface area contributed by atoms with Crippen molar-refractivity contribution in [3.8, 4) is 5.75 Å². The van der Waals surface area contributed by atoms with Gasteiger partial charge in [0.25, 0.3) is 0 Å². The van der Waals surface area contributed by atoms with Crippen LogP contribution in [0.15, 0.2) is 23.8 Å². The van der Waals surface area contributed by atoms with Crippen LogP contribution in [0.2, 0.25) is 0 Å². The van der Waals surface area contributed by atoms with Crippen molar-refractivity contribution in [3.05, 3.63) is 34.9 Å². The highest BCUT2D eigenvalue weighted by molar-refractivity contribution is 5.93. The van der Waals surface area contributed by atoms with E-state index in [1.165, 1.54) is 6.07 Å². The molecule has 1 aromatic rings. The normalized spacial score (nSPS) is 18.7.